The second-order valence-electron chi connectivity index (χ2n) is 1.62. The number of hydrogen-bond acceptors (Lipinski definition) is 3. The van der Waals surface area contributed by atoms with Crippen molar-refractivity contribution in [2.45, 2.75) is 13.8 Å². The minimum absolute atomic E-state index is 1.37. The monoisotopic (exact) mass is 192 g/mol. The molecule has 2 atom stereocenters. The van der Waals surface area contributed by atoms with Crippen LogP contribution >= 0.6 is 16.1 Å². The van der Waals surface area contributed by atoms with Crippen LogP contribution in [-0.2, 0) is 13.4 Å². The summed E-state index contributed by atoms with van der Waals surface area (Å²) in [6.45, 7) is 3.44. The molecule has 0 fully saturated rings. The van der Waals surface area contributed by atoms with Crippen LogP contribution in [0.1, 0.15) is 13.8 Å². The normalized spacial score (nSPS) is 14.4. The maximum absolute atomic E-state index is 10.7. The van der Waals surface area contributed by atoms with Crippen molar-refractivity contribution in [3.05, 3.63) is 23.8 Å². The van der Waals surface area contributed by atoms with Gasteiger partial charge in [-0.1, -0.05) is 0 Å². The predicted molar refractivity (Wildman–Crippen MR) is 45.9 cm³/mol. The molecular weight excluding hydrogens is 182 g/mol. The van der Waals surface area contributed by atoms with Gasteiger partial charge in [-0.15, -0.1) is 0 Å². The van der Waals surface area contributed by atoms with Crippen LogP contribution in [0.4, 0.5) is 0 Å². The van der Waals surface area contributed by atoms with Crippen LogP contribution in [0.15, 0.2) is 23.8 Å². The third-order valence-corrected chi connectivity index (χ3v) is 3.07. The van der Waals surface area contributed by atoms with Crippen molar-refractivity contribution in [2.75, 3.05) is 0 Å². The summed E-state index contributed by atoms with van der Waals surface area (Å²) in [6, 6.07) is 0. The zero-order valence-electron chi connectivity index (χ0n) is 6.43. The lowest BCUT2D eigenvalue weighted by Crippen LogP contribution is -1.58. The molecule has 0 aromatic rings. The minimum atomic E-state index is -1.90. The van der Waals surface area contributed by atoms with E-state index < -0.39 is 16.1 Å². The molecule has 0 heterocycles. The molecule has 0 aromatic heterocycles. The Morgan fingerprint density at radius 2 is 1.36 bits per heavy atom. The van der Waals surface area contributed by atoms with Crippen LogP contribution < -0.4 is 0 Å². The summed E-state index contributed by atoms with van der Waals surface area (Å²) in [4.78, 5) is 0. The SMILES string of the molecule is CC=C[P+](=O)O[P+](=O)C=CC. The van der Waals surface area contributed by atoms with E-state index in [0.29, 0.717) is 0 Å². The largest absolute Gasteiger partial charge is 0.593 e. The summed E-state index contributed by atoms with van der Waals surface area (Å²) in [6.07, 6.45) is 3.19. The summed E-state index contributed by atoms with van der Waals surface area (Å²) in [7, 11) is -3.79. The van der Waals surface area contributed by atoms with E-state index in [-0.39, 0.29) is 0 Å². The zero-order valence-corrected chi connectivity index (χ0v) is 8.22. The van der Waals surface area contributed by atoms with Gasteiger partial charge in [-0.2, -0.15) is 0 Å². The van der Waals surface area contributed by atoms with Crippen LogP contribution in [-0.4, -0.2) is 0 Å². The second kappa shape index (κ2) is 6.36. The highest BCUT2D eigenvalue weighted by atomic mass is 31.2. The molecule has 0 aliphatic carbocycles. The van der Waals surface area contributed by atoms with Gasteiger partial charge < -0.3 is 0 Å². The molecule has 0 amide bonds. The number of hydrogen-bond donors (Lipinski definition) is 0. The molecule has 0 aliphatic rings. The molecule has 60 valence electrons. The number of allylic oxidation sites excluding steroid dienone is 2. The van der Waals surface area contributed by atoms with Crippen LogP contribution in [0.25, 0.3) is 0 Å². The predicted octanol–water partition coefficient (Wildman–Crippen LogP) is 3.56. The summed E-state index contributed by atoms with van der Waals surface area (Å²) in [5.74, 6) is 2.73. The molecule has 0 saturated carbocycles. The molecule has 0 bridgehead atoms. The average molecular weight is 192 g/mol. The maximum Gasteiger partial charge on any atom is 0.593 e. The molecule has 0 rings (SSSR count). The fraction of sp³-hybridized carbons (Fsp3) is 0.333. The van der Waals surface area contributed by atoms with Gasteiger partial charge in [0, 0.05) is 0 Å². The standard InChI is InChI=1S/C6H10O3P2/c1-3-5-10(7)9-11(8)6-4-2/h3-6H,1-2H3/q+2. The highest BCUT2D eigenvalue weighted by Crippen LogP contribution is 2.39. The fourth-order valence-electron chi connectivity index (χ4n) is 0.377. The molecule has 11 heavy (non-hydrogen) atoms. The Morgan fingerprint density at radius 1 is 1.00 bits per heavy atom. The molecule has 0 spiro atoms. The first-order valence-corrected chi connectivity index (χ1v) is 5.56. The lowest BCUT2D eigenvalue weighted by Gasteiger charge is -1.63. The van der Waals surface area contributed by atoms with E-state index in [0.717, 1.165) is 0 Å². The quantitative estimate of drug-likeness (QED) is 0.639. The van der Waals surface area contributed by atoms with Gasteiger partial charge in [-0.3, -0.25) is 0 Å². The van der Waals surface area contributed by atoms with E-state index in [9.17, 15) is 9.13 Å². The Balaban J connectivity index is 3.85. The molecule has 2 unspecified atom stereocenters. The summed E-state index contributed by atoms with van der Waals surface area (Å²) >= 11 is 0. The van der Waals surface area contributed by atoms with Crippen LogP contribution in [0.2, 0.25) is 0 Å². The molecule has 0 aromatic carbocycles. The third-order valence-electron chi connectivity index (χ3n) is 0.703. The molecule has 0 aliphatic heterocycles. The lowest BCUT2D eigenvalue weighted by atomic mass is 10.8. The third kappa shape index (κ3) is 6.05. The Labute approximate surface area is 67.9 Å². The molecule has 3 nitrogen and oxygen atoms in total. The average Bonchev–Trinajstić information content (AvgIpc) is 1.87. The highest BCUT2D eigenvalue weighted by Gasteiger charge is 2.29. The zero-order chi connectivity index (χ0) is 8.69. The van der Waals surface area contributed by atoms with Gasteiger partial charge in [-0.05, 0) is 35.1 Å². The van der Waals surface area contributed by atoms with Gasteiger partial charge in [0.25, 0.3) is 0 Å². The topological polar surface area (TPSA) is 43.4 Å². The van der Waals surface area contributed by atoms with Gasteiger partial charge >= 0.3 is 16.1 Å². The van der Waals surface area contributed by atoms with Crippen molar-refractivity contribution in [1.82, 2.24) is 0 Å². The van der Waals surface area contributed by atoms with Crippen molar-refractivity contribution >= 4 is 16.1 Å². The summed E-state index contributed by atoms with van der Waals surface area (Å²) in [5.41, 5.74) is 0. The molecule has 5 heteroatoms. The van der Waals surface area contributed by atoms with Gasteiger partial charge in [0.15, 0.2) is 11.6 Å². The van der Waals surface area contributed by atoms with E-state index in [4.69, 9.17) is 0 Å². The summed E-state index contributed by atoms with van der Waals surface area (Å²) in [5, 5.41) is 0. The Morgan fingerprint density at radius 3 is 1.64 bits per heavy atom. The van der Waals surface area contributed by atoms with E-state index in [1.54, 1.807) is 26.0 Å². The fourth-order valence-corrected chi connectivity index (χ4v) is 1.93. The highest BCUT2D eigenvalue weighted by molar-refractivity contribution is 7.56. The first-order chi connectivity index (χ1) is 5.20. The van der Waals surface area contributed by atoms with Gasteiger partial charge in [0.1, 0.15) is 4.31 Å². The Hall–Kier alpha value is -0.360. The summed E-state index contributed by atoms with van der Waals surface area (Å²) < 4.78 is 26.1. The van der Waals surface area contributed by atoms with Crippen molar-refractivity contribution in [3.63, 3.8) is 0 Å². The van der Waals surface area contributed by atoms with E-state index in [1.807, 2.05) is 0 Å². The molecule has 0 saturated heterocycles. The van der Waals surface area contributed by atoms with Gasteiger partial charge in [0.2, 0.25) is 0 Å². The van der Waals surface area contributed by atoms with Gasteiger partial charge in [0.05, 0.1) is 0 Å². The molecular formula is C6H10O3P2+2. The molecule has 0 radical (unpaired) electrons. The first-order valence-electron chi connectivity index (χ1n) is 3.07. The first kappa shape index (κ1) is 10.6. The molecule has 0 N–H and O–H groups in total. The van der Waals surface area contributed by atoms with Crippen molar-refractivity contribution in [3.8, 4) is 0 Å². The van der Waals surface area contributed by atoms with E-state index in [2.05, 4.69) is 4.31 Å². The second-order valence-corrected chi connectivity index (χ2v) is 4.01. The minimum Gasteiger partial charge on any atom is -0.0427 e. The maximum atomic E-state index is 10.7. The van der Waals surface area contributed by atoms with Crippen molar-refractivity contribution in [2.24, 2.45) is 0 Å². The smallest absolute Gasteiger partial charge is 0.0427 e. The number of rotatable bonds is 4. The van der Waals surface area contributed by atoms with E-state index in [1.165, 1.54) is 11.6 Å². The Kier molecular flexibility index (Phi) is 6.15. The lowest BCUT2D eigenvalue weighted by molar-refractivity contribution is 0.500. The van der Waals surface area contributed by atoms with Crippen molar-refractivity contribution < 1.29 is 13.4 Å². The van der Waals surface area contributed by atoms with Gasteiger partial charge in [-0.25, -0.2) is 0 Å². The van der Waals surface area contributed by atoms with Crippen molar-refractivity contribution in [1.29, 1.82) is 0 Å². The van der Waals surface area contributed by atoms with E-state index >= 15 is 0 Å². The Bertz CT molecular complexity index is 186. The van der Waals surface area contributed by atoms with Crippen LogP contribution in [0.5, 0.6) is 0 Å². The van der Waals surface area contributed by atoms with Crippen LogP contribution in [0, 0.1) is 0 Å². The van der Waals surface area contributed by atoms with Crippen LogP contribution in [0.3, 0.4) is 0 Å².